The average molecular weight is 469 g/mol. The fourth-order valence-electron chi connectivity index (χ4n) is 2.85. The molecule has 1 N–H and O–H groups in total. The van der Waals surface area contributed by atoms with Crippen molar-refractivity contribution in [3.05, 3.63) is 65.2 Å². The summed E-state index contributed by atoms with van der Waals surface area (Å²) in [4.78, 5) is 50.8. The van der Waals surface area contributed by atoms with Crippen molar-refractivity contribution < 1.29 is 46.1 Å². The van der Waals surface area contributed by atoms with Gasteiger partial charge in [-0.1, -0.05) is 48.5 Å². The van der Waals surface area contributed by atoms with Gasteiger partial charge in [0.2, 0.25) is 5.91 Å². The number of hydrogen-bond acceptors (Lipinski definition) is 6. The van der Waals surface area contributed by atoms with E-state index in [0.717, 1.165) is 22.4 Å². The average Bonchev–Trinajstić information content (AvgIpc) is 2.64. The van der Waals surface area contributed by atoms with Crippen molar-refractivity contribution in [1.29, 1.82) is 0 Å². The normalized spacial score (nSPS) is 10.9. The van der Waals surface area contributed by atoms with Crippen molar-refractivity contribution in [3.8, 4) is 0 Å². The molecule has 0 heterocycles. The number of methoxy groups -OCH3 is 1. The Morgan fingerprint density at radius 1 is 1.07 bits per heavy atom. The van der Waals surface area contributed by atoms with Crippen LogP contribution >= 0.6 is 8.60 Å². The van der Waals surface area contributed by atoms with Crippen LogP contribution in [0.1, 0.15) is 23.6 Å². The third-order valence-corrected chi connectivity index (χ3v) is 4.08. The maximum Gasteiger partial charge on any atom is 2.00 e. The van der Waals surface area contributed by atoms with Gasteiger partial charge in [0.15, 0.2) is 0 Å². The summed E-state index contributed by atoms with van der Waals surface area (Å²) in [7, 11) is -1.78. The molecular weight excluding hydrogens is 445 g/mol. The molecule has 0 bridgehead atoms. The first kappa shape index (κ1) is 27.2. The number of carbonyl (C=O) groups excluding carboxylic acids is 2. The Bertz CT molecular complexity index is 765. The number of hydrogen-bond donors (Lipinski definition) is 1. The van der Waals surface area contributed by atoms with Crippen LogP contribution in [-0.4, -0.2) is 29.9 Å². The first-order valence-corrected chi connectivity index (χ1v) is 9.65. The van der Waals surface area contributed by atoms with Gasteiger partial charge in [0.1, 0.15) is 6.04 Å². The molecular formula is C20H24CuNO6P. The molecule has 9 heteroatoms. The Kier molecular flexibility index (Phi) is 12.6. The largest absolute Gasteiger partial charge is 2.00 e. The van der Waals surface area contributed by atoms with Gasteiger partial charge < -0.3 is 19.4 Å². The van der Waals surface area contributed by atoms with Crippen LogP contribution in [0.5, 0.6) is 0 Å². The standard InChI is InChI=1S/C20H23NO3.Cu.HO3P/c1-14-9-8-10-15(2)19(14)21(16(3)20(23)24-4)18(22)13-17-11-6-5-7-12-17;;1-4(2)3/h5-12,16H,13H2,1-4H3;;1H/q;+2;-2/t16-;;/m1../s1. The van der Waals surface area contributed by atoms with Crippen LogP contribution in [-0.2, 0) is 37.8 Å². The van der Waals surface area contributed by atoms with Crippen LogP contribution in [0.3, 0.4) is 0 Å². The van der Waals surface area contributed by atoms with Crippen LogP contribution in [0.25, 0.3) is 0 Å². The molecule has 0 aliphatic rings. The zero-order chi connectivity index (χ0) is 21.3. The van der Waals surface area contributed by atoms with Crippen molar-refractivity contribution in [2.75, 3.05) is 12.0 Å². The van der Waals surface area contributed by atoms with E-state index in [0.29, 0.717) is 0 Å². The number of carbonyl (C=O) groups is 2. The van der Waals surface area contributed by atoms with Crippen molar-refractivity contribution >= 4 is 26.2 Å². The third kappa shape index (κ3) is 8.62. The second-order valence-corrected chi connectivity index (χ2v) is 6.58. The molecule has 1 radical (unpaired) electrons. The Morgan fingerprint density at radius 2 is 1.55 bits per heavy atom. The summed E-state index contributed by atoms with van der Waals surface area (Å²) in [6.07, 6.45) is 0.232. The topological polar surface area (TPSA) is 113 Å². The summed E-state index contributed by atoms with van der Waals surface area (Å²) in [6, 6.07) is 14.7. The van der Waals surface area contributed by atoms with E-state index in [1.165, 1.54) is 7.11 Å². The number of ether oxygens (including phenoxy) is 1. The molecule has 29 heavy (non-hydrogen) atoms. The summed E-state index contributed by atoms with van der Waals surface area (Å²) in [6.45, 7) is 5.57. The smallest absolute Gasteiger partial charge is 0.820 e. The minimum Gasteiger partial charge on any atom is -0.820 e. The van der Waals surface area contributed by atoms with Gasteiger partial charge in [-0.3, -0.25) is 9.69 Å². The predicted molar refractivity (Wildman–Crippen MR) is 104 cm³/mol. The molecule has 161 valence electrons. The summed E-state index contributed by atoms with van der Waals surface area (Å²) >= 11 is 0. The summed E-state index contributed by atoms with van der Waals surface area (Å²) in [5.74, 6) is -0.560. The molecule has 7 nitrogen and oxygen atoms in total. The second kappa shape index (κ2) is 13.4. The number of anilines is 1. The zero-order valence-electron chi connectivity index (χ0n) is 16.6. The van der Waals surface area contributed by atoms with Gasteiger partial charge >= 0.3 is 23.0 Å². The molecule has 0 saturated heterocycles. The van der Waals surface area contributed by atoms with Gasteiger partial charge in [0, 0.05) is 0 Å². The number of amides is 1. The number of rotatable bonds is 5. The first-order chi connectivity index (χ1) is 13.2. The Hall–Kier alpha value is -1.79. The van der Waals surface area contributed by atoms with Gasteiger partial charge in [-0.05, 0) is 37.5 Å². The summed E-state index contributed by atoms with van der Waals surface area (Å²) in [5, 5.41) is 0. The van der Waals surface area contributed by atoms with Crippen LogP contribution in [0.2, 0.25) is 0 Å². The molecule has 0 aliphatic carbocycles. The van der Waals surface area contributed by atoms with Crippen molar-refractivity contribution in [1.82, 2.24) is 0 Å². The molecule has 0 spiro atoms. The van der Waals surface area contributed by atoms with E-state index in [1.54, 1.807) is 11.8 Å². The van der Waals surface area contributed by atoms with Gasteiger partial charge in [0.25, 0.3) is 0 Å². The zero-order valence-corrected chi connectivity index (χ0v) is 18.4. The molecule has 0 unspecified atom stereocenters. The molecule has 0 aliphatic heterocycles. The fraction of sp³-hybridized carbons (Fsp3) is 0.300. The van der Waals surface area contributed by atoms with Crippen molar-refractivity contribution in [2.24, 2.45) is 0 Å². The summed E-state index contributed by atoms with van der Waals surface area (Å²) < 4.78 is 4.86. The number of nitrogens with zero attached hydrogens (tertiary/aromatic N) is 1. The molecule has 0 fully saturated rings. The molecule has 2 aromatic carbocycles. The number of aryl methyl sites for hydroxylation is 2. The number of para-hydroxylation sites is 1. The quantitative estimate of drug-likeness (QED) is 0.403. The molecule has 0 aromatic heterocycles. The van der Waals surface area contributed by atoms with E-state index in [2.05, 4.69) is 0 Å². The molecule has 1 atom stereocenters. The van der Waals surface area contributed by atoms with E-state index < -0.39 is 20.6 Å². The minimum absolute atomic E-state index is 0. The predicted octanol–water partition coefficient (Wildman–Crippen LogP) is 1.36. The van der Waals surface area contributed by atoms with Gasteiger partial charge in [-0.2, -0.15) is 8.60 Å². The molecule has 2 rings (SSSR count). The van der Waals surface area contributed by atoms with Crippen molar-refractivity contribution in [2.45, 2.75) is 33.2 Å². The van der Waals surface area contributed by atoms with E-state index in [9.17, 15) is 9.59 Å². The van der Waals surface area contributed by atoms with Gasteiger partial charge in [-0.25, -0.2) is 4.79 Å². The Balaban J connectivity index is 0.00000143. The monoisotopic (exact) mass is 468 g/mol. The fourth-order valence-corrected chi connectivity index (χ4v) is 2.85. The van der Waals surface area contributed by atoms with E-state index >= 15 is 0 Å². The number of benzene rings is 2. The maximum atomic E-state index is 13.0. The van der Waals surface area contributed by atoms with Crippen LogP contribution in [0.15, 0.2) is 48.5 Å². The van der Waals surface area contributed by atoms with E-state index in [4.69, 9.17) is 19.4 Å². The van der Waals surface area contributed by atoms with Crippen LogP contribution < -0.4 is 14.7 Å². The molecule has 1 amide bonds. The van der Waals surface area contributed by atoms with Crippen molar-refractivity contribution in [3.63, 3.8) is 0 Å². The molecule has 2 aromatic rings. The Morgan fingerprint density at radius 3 is 2.00 bits per heavy atom. The molecule has 0 saturated carbocycles. The Labute approximate surface area is 182 Å². The van der Waals surface area contributed by atoms with Gasteiger partial charge in [-0.15, -0.1) is 0 Å². The SMILES string of the molecule is COC(=O)[C@@H](C)N(C(=O)Cc1ccccc1)c1c(C)cccc1C.[Cu+2].[O-]P([O-])O. The van der Waals surface area contributed by atoms with Crippen LogP contribution in [0.4, 0.5) is 5.69 Å². The summed E-state index contributed by atoms with van der Waals surface area (Å²) in [5.41, 5.74) is 3.59. The van der Waals surface area contributed by atoms with Gasteiger partial charge in [0.05, 0.1) is 19.2 Å². The first-order valence-electron chi connectivity index (χ1n) is 8.52. The maximum absolute atomic E-state index is 13.0. The number of esters is 1. The van der Waals surface area contributed by atoms with E-state index in [1.807, 2.05) is 62.4 Å². The van der Waals surface area contributed by atoms with E-state index in [-0.39, 0.29) is 29.4 Å². The third-order valence-electron chi connectivity index (χ3n) is 4.08. The second-order valence-electron chi connectivity index (χ2n) is 6.10. The minimum atomic E-state index is -3.12. The van der Waals surface area contributed by atoms with Crippen LogP contribution in [0, 0.1) is 13.8 Å².